The van der Waals surface area contributed by atoms with Gasteiger partial charge in [-0.1, -0.05) is 29.8 Å². The first-order valence-electron chi connectivity index (χ1n) is 10.1. The molecule has 4 rings (SSSR count). The number of benzene rings is 1. The van der Waals surface area contributed by atoms with E-state index in [4.69, 9.17) is 16.3 Å². The zero-order chi connectivity index (χ0) is 20.8. The molecule has 1 aromatic carbocycles. The summed E-state index contributed by atoms with van der Waals surface area (Å²) in [6, 6.07) is 11.6. The Hall–Kier alpha value is -2.19. The molecule has 3 heterocycles. The second-order valence-corrected chi connectivity index (χ2v) is 8.64. The third kappa shape index (κ3) is 5.49. The van der Waals surface area contributed by atoms with Crippen LogP contribution in [0.15, 0.2) is 54.2 Å². The maximum absolute atomic E-state index is 13.2. The lowest BCUT2D eigenvalue weighted by Gasteiger charge is -2.30. The molecule has 0 unspecified atom stereocenters. The number of carbonyl (C=O) groups is 1. The summed E-state index contributed by atoms with van der Waals surface area (Å²) in [6.45, 7) is 5.94. The van der Waals surface area contributed by atoms with Gasteiger partial charge in [0.1, 0.15) is 5.82 Å². The second-order valence-electron chi connectivity index (χ2n) is 7.26. The van der Waals surface area contributed by atoms with Crippen LogP contribution in [0.5, 0.6) is 0 Å². The molecule has 8 heteroatoms. The van der Waals surface area contributed by atoms with Crippen LogP contribution >= 0.6 is 22.9 Å². The maximum atomic E-state index is 13.2. The van der Waals surface area contributed by atoms with Gasteiger partial charge in [-0.15, -0.1) is 11.3 Å². The second kappa shape index (κ2) is 10.2. The van der Waals surface area contributed by atoms with Crippen molar-refractivity contribution in [3.63, 3.8) is 0 Å². The molecule has 0 radical (unpaired) electrons. The zero-order valence-electron chi connectivity index (χ0n) is 16.7. The van der Waals surface area contributed by atoms with Gasteiger partial charge in [-0.25, -0.2) is 4.98 Å². The van der Waals surface area contributed by atoms with Crippen LogP contribution < -0.4 is 0 Å². The van der Waals surface area contributed by atoms with Crippen molar-refractivity contribution < 1.29 is 9.53 Å². The lowest BCUT2D eigenvalue weighted by molar-refractivity contribution is 0.0319. The minimum absolute atomic E-state index is 0.0514. The van der Waals surface area contributed by atoms with Gasteiger partial charge < -0.3 is 14.2 Å². The number of nitrogens with zero attached hydrogens (tertiary/aromatic N) is 4. The quantitative estimate of drug-likeness (QED) is 0.532. The van der Waals surface area contributed by atoms with Gasteiger partial charge in [0.25, 0.3) is 5.91 Å². The Labute approximate surface area is 185 Å². The van der Waals surface area contributed by atoms with Gasteiger partial charge in [-0.05, 0) is 29.1 Å². The Morgan fingerprint density at radius 1 is 1.23 bits per heavy atom. The summed E-state index contributed by atoms with van der Waals surface area (Å²) in [4.78, 5) is 22.7. The number of imidazole rings is 1. The predicted molar refractivity (Wildman–Crippen MR) is 119 cm³/mol. The van der Waals surface area contributed by atoms with Crippen molar-refractivity contribution in [2.24, 2.45) is 0 Å². The van der Waals surface area contributed by atoms with Crippen LogP contribution in [0, 0.1) is 0 Å². The SMILES string of the molecule is O=C(c1cccs1)N(CCN1CCOCC1)Cc1nccn1Cc1cccc(Cl)c1. The van der Waals surface area contributed by atoms with E-state index in [1.165, 1.54) is 11.3 Å². The van der Waals surface area contributed by atoms with Crippen LogP contribution in [0.2, 0.25) is 5.02 Å². The first-order valence-corrected chi connectivity index (χ1v) is 11.3. The smallest absolute Gasteiger partial charge is 0.264 e. The molecule has 1 amide bonds. The van der Waals surface area contributed by atoms with E-state index in [0.717, 1.165) is 49.1 Å². The van der Waals surface area contributed by atoms with Crippen molar-refractivity contribution in [1.29, 1.82) is 0 Å². The van der Waals surface area contributed by atoms with Crippen molar-refractivity contribution in [3.8, 4) is 0 Å². The summed E-state index contributed by atoms with van der Waals surface area (Å²) in [7, 11) is 0. The van der Waals surface area contributed by atoms with Gasteiger partial charge in [0.2, 0.25) is 0 Å². The van der Waals surface area contributed by atoms with E-state index < -0.39 is 0 Å². The minimum atomic E-state index is 0.0514. The highest BCUT2D eigenvalue weighted by atomic mass is 35.5. The summed E-state index contributed by atoms with van der Waals surface area (Å²) >= 11 is 7.61. The topological polar surface area (TPSA) is 50.6 Å². The molecule has 0 spiro atoms. The molecule has 0 bridgehead atoms. The lowest BCUT2D eigenvalue weighted by Crippen LogP contribution is -2.43. The summed E-state index contributed by atoms with van der Waals surface area (Å²) in [5.74, 6) is 0.914. The van der Waals surface area contributed by atoms with E-state index in [9.17, 15) is 4.79 Å². The standard InChI is InChI=1S/C22H25ClN4O2S/c23-19-4-1-3-18(15-19)16-26-7-6-24-21(26)17-27(22(28)20-5-2-14-30-20)9-8-25-10-12-29-13-11-25/h1-7,14-15H,8-13,16-17H2. The molecule has 0 saturated carbocycles. The number of carbonyl (C=O) groups excluding carboxylic acids is 1. The number of thiophene rings is 1. The Balaban J connectivity index is 1.48. The average molecular weight is 445 g/mol. The molecule has 1 aliphatic rings. The van der Waals surface area contributed by atoms with E-state index in [0.29, 0.717) is 24.7 Å². The maximum Gasteiger partial charge on any atom is 0.264 e. The molecule has 6 nitrogen and oxygen atoms in total. The fraction of sp³-hybridized carbons (Fsp3) is 0.364. The van der Waals surface area contributed by atoms with Gasteiger partial charge in [-0.3, -0.25) is 9.69 Å². The van der Waals surface area contributed by atoms with Crippen LogP contribution in [0.1, 0.15) is 21.1 Å². The minimum Gasteiger partial charge on any atom is -0.379 e. The van der Waals surface area contributed by atoms with Crippen LogP contribution in [0.3, 0.4) is 0 Å². The number of aromatic nitrogens is 2. The van der Waals surface area contributed by atoms with Gasteiger partial charge in [-0.2, -0.15) is 0 Å². The average Bonchev–Trinajstić information content (AvgIpc) is 3.44. The van der Waals surface area contributed by atoms with Crippen molar-refractivity contribution in [3.05, 3.63) is 75.5 Å². The molecule has 1 aliphatic heterocycles. The fourth-order valence-corrected chi connectivity index (χ4v) is 4.44. The van der Waals surface area contributed by atoms with Gasteiger partial charge >= 0.3 is 0 Å². The van der Waals surface area contributed by atoms with E-state index in [2.05, 4.69) is 14.5 Å². The highest BCUT2D eigenvalue weighted by molar-refractivity contribution is 7.12. The van der Waals surface area contributed by atoms with Gasteiger partial charge in [0.05, 0.1) is 24.6 Å². The molecule has 1 saturated heterocycles. The zero-order valence-corrected chi connectivity index (χ0v) is 18.3. The van der Waals surface area contributed by atoms with Crippen molar-refractivity contribution in [2.45, 2.75) is 13.1 Å². The Morgan fingerprint density at radius 2 is 2.10 bits per heavy atom. The molecule has 0 N–H and O–H groups in total. The predicted octanol–water partition coefficient (Wildman–Crippen LogP) is 3.62. The number of halogens is 1. The number of hydrogen-bond acceptors (Lipinski definition) is 5. The molecule has 3 aromatic rings. The van der Waals surface area contributed by atoms with Crippen LogP contribution in [-0.2, 0) is 17.8 Å². The van der Waals surface area contributed by atoms with E-state index in [1.54, 1.807) is 6.20 Å². The molecular weight excluding hydrogens is 420 g/mol. The van der Waals surface area contributed by atoms with Crippen molar-refractivity contribution in [2.75, 3.05) is 39.4 Å². The number of morpholine rings is 1. The largest absolute Gasteiger partial charge is 0.379 e. The summed E-state index contributed by atoms with van der Waals surface area (Å²) in [5, 5.41) is 2.65. The molecular formula is C22H25ClN4O2S. The molecule has 2 aromatic heterocycles. The fourth-order valence-electron chi connectivity index (χ4n) is 3.53. The summed E-state index contributed by atoms with van der Waals surface area (Å²) in [6.07, 6.45) is 3.74. The van der Waals surface area contributed by atoms with E-state index in [-0.39, 0.29) is 5.91 Å². The highest BCUT2D eigenvalue weighted by Crippen LogP contribution is 2.16. The van der Waals surface area contributed by atoms with Gasteiger partial charge in [0.15, 0.2) is 0 Å². The van der Waals surface area contributed by atoms with Crippen LogP contribution in [-0.4, -0.2) is 64.7 Å². The Kier molecular flexibility index (Phi) is 7.17. The third-order valence-corrected chi connectivity index (χ3v) is 6.28. The van der Waals surface area contributed by atoms with Crippen molar-refractivity contribution >= 4 is 28.8 Å². The van der Waals surface area contributed by atoms with Crippen LogP contribution in [0.25, 0.3) is 0 Å². The van der Waals surface area contributed by atoms with E-state index >= 15 is 0 Å². The van der Waals surface area contributed by atoms with Crippen LogP contribution in [0.4, 0.5) is 0 Å². The number of amides is 1. The molecule has 30 heavy (non-hydrogen) atoms. The van der Waals surface area contributed by atoms with Gasteiger partial charge in [0, 0.05) is 50.1 Å². The first kappa shape index (κ1) is 21.1. The van der Waals surface area contributed by atoms with E-state index in [1.807, 2.05) is 52.9 Å². The first-order chi connectivity index (χ1) is 14.7. The summed E-state index contributed by atoms with van der Waals surface area (Å²) < 4.78 is 7.51. The Morgan fingerprint density at radius 3 is 2.87 bits per heavy atom. The Bertz CT molecular complexity index is 954. The molecule has 0 atom stereocenters. The normalized spacial score (nSPS) is 14.7. The highest BCUT2D eigenvalue weighted by Gasteiger charge is 2.21. The molecule has 0 aliphatic carbocycles. The lowest BCUT2D eigenvalue weighted by atomic mass is 10.2. The third-order valence-electron chi connectivity index (χ3n) is 5.18. The van der Waals surface area contributed by atoms with Crippen molar-refractivity contribution in [1.82, 2.24) is 19.4 Å². The summed E-state index contributed by atoms with van der Waals surface area (Å²) in [5.41, 5.74) is 1.10. The number of ether oxygens (including phenoxy) is 1. The molecule has 158 valence electrons. The number of hydrogen-bond donors (Lipinski definition) is 0. The monoisotopic (exact) mass is 444 g/mol. The number of rotatable bonds is 8. The molecule has 1 fully saturated rings.